The van der Waals surface area contributed by atoms with Crippen molar-refractivity contribution < 1.29 is 4.92 Å². The Hall–Kier alpha value is -2.50. The Morgan fingerprint density at radius 3 is 2.69 bits per heavy atom. The zero-order chi connectivity index (χ0) is 11.5. The van der Waals surface area contributed by atoms with E-state index in [0.29, 0.717) is 17.1 Å². The molecule has 0 atom stereocenters. The molecule has 0 saturated heterocycles. The van der Waals surface area contributed by atoms with Crippen LogP contribution in [0.25, 0.3) is 11.3 Å². The molecular weight excluding hydrogens is 208 g/mol. The molecule has 16 heavy (non-hydrogen) atoms. The number of non-ortho nitro benzene ring substituents is 1. The van der Waals surface area contributed by atoms with Gasteiger partial charge in [0.05, 0.1) is 23.0 Å². The molecule has 2 aromatic rings. The first-order valence-electron chi connectivity index (χ1n) is 4.49. The van der Waals surface area contributed by atoms with Crippen LogP contribution in [0.1, 0.15) is 0 Å². The monoisotopic (exact) mass is 216 g/mol. The smallest absolute Gasteiger partial charge is 0.270 e. The Balaban J connectivity index is 2.44. The summed E-state index contributed by atoms with van der Waals surface area (Å²) < 4.78 is 0. The van der Waals surface area contributed by atoms with Crippen LogP contribution in [0.2, 0.25) is 0 Å². The maximum absolute atomic E-state index is 10.6. The number of anilines is 1. The van der Waals surface area contributed by atoms with Gasteiger partial charge < -0.3 is 5.73 Å². The number of aromatic nitrogens is 2. The van der Waals surface area contributed by atoms with Gasteiger partial charge in [-0.2, -0.15) is 0 Å². The third-order valence-electron chi connectivity index (χ3n) is 2.02. The van der Waals surface area contributed by atoms with Gasteiger partial charge in [-0.1, -0.05) is 12.1 Å². The number of nitro groups is 1. The lowest BCUT2D eigenvalue weighted by molar-refractivity contribution is -0.384. The second kappa shape index (κ2) is 3.93. The van der Waals surface area contributed by atoms with E-state index in [0.717, 1.165) is 0 Å². The van der Waals surface area contributed by atoms with Crippen molar-refractivity contribution in [3.05, 3.63) is 46.8 Å². The third-order valence-corrected chi connectivity index (χ3v) is 2.02. The van der Waals surface area contributed by atoms with Crippen LogP contribution in [0.3, 0.4) is 0 Å². The lowest BCUT2D eigenvalue weighted by Crippen LogP contribution is -1.93. The molecular formula is C10H8N4O2. The molecule has 0 amide bonds. The van der Waals surface area contributed by atoms with Crippen molar-refractivity contribution in [1.29, 1.82) is 0 Å². The zero-order valence-electron chi connectivity index (χ0n) is 8.20. The molecule has 0 saturated carbocycles. The summed E-state index contributed by atoms with van der Waals surface area (Å²) in [7, 11) is 0. The number of nitrogens with zero attached hydrogens (tertiary/aromatic N) is 3. The van der Waals surface area contributed by atoms with E-state index in [-0.39, 0.29) is 5.69 Å². The van der Waals surface area contributed by atoms with Crippen molar-refractivity contribution in [2.75, 3.05) is 5.73 Å². The van der Waals surface area contributed by atoms with E-state index in [4.69, 9.17) is 5.73 Å². The van der Waals surface area contributed by atoms with Crippen LogP contribution in [-0.2, 0) is 0 Å². The second-order valence-corrected chi connectivity index (χ2v) is 3.13. The molecule has 0 fully saturated rings. The average molecular weight is 216 g/mol. The average Bonchev–Trinajstić information content (AvgIpc) is 2.30. The van der Waals surface area contributed by atoms with Crippen molar-refractivity contribution in [3.8, 4) is 11.3 Å². The van der Waals surface area contributed by atoms with Gasteiger partial charge in [0.1, 0.15) is 5.82 Å². The highest BCUT2D eigenvalue weighted by atomic mass is 16.6. The van der Waals surface area contributed by atoms with E-state index in [1.807, 2.05) is 0 Å². The molecule has 6 heteroatoms. The quantitative estimate of drug-likeness (QED) is 0.608. The van der Waals surface area contributed by atoms with Crippen LogP contribution >= 0.6 is 0 Å². The van der Waals surface area contributed by atoms with Gasteiger partial charge in [0, 0.05) is 17.7 Å². The van der Waals surface area contributed by atoms with E-state index >= 15 is 0 Å². The van der Waals surface area contributed by atoms with Crippen LogP contribution in [0.15, 0.2) is 36.7 Å². The molecule has 0 aliphatic rings. The summed E-state index contributed by atoms with van der Waals surface area (Å²) in [6.45, 7) is 0. The highest BCUT2D eigenvalue weighted by molar-refractivity contribution is 5.61. The van der Waals surface area contributed by atoms with Crippen molar-refractivity contribution in [2.24, 2.45) is 0 Å². The van der Waals surface area contributed by atoms with Gasteiger partial charge in [-0.3, -0.25) is 15.1 Å². The Morgan fingerprint density at radius 1 is 1.25 bits per heavy atom. The first kappa shape index (κ1) is 10.0. The minimum absolute atomic E-state index is 0.0242. The van der Waals surface area contributed by atoms with Crippen molar-refractivity contribution >= 4 is 11.5 Å². The van der Waals surface area contributed by atoms with Crippen molar-refractivity contribution in [1.82, 2.24) is 9.97 Å². The van der Waals surface area contributed by atoms with Crippen LogP contribution in [0.4, 0.5) is 11.5 Å². The molecule has 1 heterocycles. The fourth-order valence-electron chi connectivity index (χ4n) is 1.27. The summed E-state index contributed by atoms with van der Waals surface area (Å²) in [4.78, 5) is 18.1. The van der Waals surface area contributed by atoms with Gasteiger partial charge in [-0.15, -0.1) is 0 Å². The molecule has 0 bridgehead atoms. The summed E-state index contributed by atoms with van der Waals surface area (Å²) in [5, 5.41) is 10.6. The fourth-order valence-corrected chi connectivity index (χ4v) is 1.27. The maximum Gasteiger partial charge on any atom is 0.270 e. The number of nitro benzene ring substituents is 1. The van der Waals surface area contributed by atoms with E-state index in [9.17, 15) is 10.1 Å². The van der Waals surface area contributed by atoms with E-state index in [1.165, 1.54) is 24.5 Å². The molecule has 6 nitrogen and oxygen atoms in total. The van der Waals surface area contributed by atoms with Gasteiger partial charge >= 0.3 is 0 Å². The number of benzene rings is 1. The minimum Gasteiger partial charge on any atom is -0.382 e. The second-order valence-electron chi connectivity index (χ2n) is 3.13. The van der Waals surface area contributed by atoms with Crippen LogP contribution in [-0.4, -0.2) is 14.9 Å². The topological polar surface area (TPSA) is 94.9 Å². The summed E-state index contributed by atoms with van der Waals surface area (Å²) in [6, 6.07) is 6.20. The van der Waals surface area contributed by atoms with Crippen LogP contribution in [0.5, 0.6) is 0 Å². The van der Waals surface area contributed by atoms with Gasteiger partial charge in [-0.05, 0) is 0 Å². The van der Waals surface area contributed by atoms with Gasteiger partial charge in [-0.25, -0.2) is 4.98 Å². The number of nitrogen functional groups attached to an aromatic ring is 1. The predicted molar refractivity (Wildman–Crippen MR) is 58.5 cm³/mol. The summed E-state index contributed by atoms with van der Waals surface area (Å²) in [5.41, 5.74) is 6.62. The Morgan fingerprint density at radius 2 is 2.06 bits per heavy atom. The lowest BCUT2D eigenvalue weighted by atomic mass is 10.1. The number of hydrogen-bond acceptors (Lipinski definition) is 5. The Labute approximate surface area is 90.9 Å². The third kappa shape index (κ3) is 1.95. The maximum atomic E-state index is 10.6. The molecule has 2 rings (SSSR count). The number of nitrogens with two attached hydrogens (primary N) is 1. The van der Waals surface area contributed by atoms with Crippen molar-refractivity contribution in [2.45, 2.75) is 0 Å². The highest BCUT2D eigenvalue weighted by Crippen LogP contribution is 2.21. The number of hydrogen-bond donors (Lipinski definition) is 1. The summed E-state index contributed by atoms with van der Waals surface area (Å²) in [5.74, 6) is 0.314. The molecule has 0 aliphatic carbocycles. The van der Waals surface area contributed by atoms with Gasteiger partial charge in [0.15, 0.2) is 0 Å². The minimum atomic E-state index is -0.450. The molecule has 80 valence electrons. The van der Waals surface area contributed by atoms with E-state index in [1.54, 1.807) is 12.1 Å². The normalized spacial score (nSPS) is 10.0. The predicted octanol–water partition coefficient (Wildman–Crippen LogP) is 1.63. The van der Waals surface area contributed by atoms with Crippen LogP contribution in [0, 0.1) is 10.1 Å². The van der Waals surface area contributed by atoms with Crippen LogP contribution < -0.4 is 5.73 Å². The molecule has 1 aromatic heterocycles. The number of rotatable bonds is 2. The van der Waals surface area contributed by atoms with Gasteiger partial charge in [0.25, 0.3) is 5.69 Å². The van der Waals surface area contributed by atoms with E-state index in [2.05, 4.69) is 9.97 Å². The Bertz CT molecular complexity index is 525. The molecule has 0 radical (unpaired) electrons. The largest absolute Gasteiger partial charge is 0.382 e. The summed E-state index contributed by atoms with van der Waals surface area (Å²) >= 11 is 0. The lowest BCUT2D eigenvalue weighted by Gasteiger charge is -2.00. The highest BCUT2D eigenvalue weighted by Gasteiger charge is 2.07. The van der Waals surface area contributed by atoms with Gasteiger partial charge in [0.2, 0.25) is 0 Å². The molecule has 1 aromatic carbocycles. The fraction of sp³-hybridized carbons (Fsp3) is 0. The van der Waals surface area contributed by atoms with E-state index < -0.39 is 4.92 Å². The molecule has 2 N–H and O–H groups in total. The van der Waals surface area contributed by atoms with Crippen molar-refractivity contribution in [3.63, 3.8) is 0 Å². The standard InChI is InChI=1S/C10H8N4O2/c11-10-6-12-9(5-13-10)7-2-1-3-8(4-7)14(15)16/h1-6H,(H2,11,13). The first-order chi connectivity index (χ1) is 7.66. The molecule has 0 aliphatic heterocycles. The first-order valence-corrected chi connectivity index (χ1v) is 4.49. The Kier molecular flexibility index (Phi) is 2.47. The SMILES string of the molecule is Nc1cnc(-c2cccc([N+](=O)[O-])c2)cn1. The molecule has 0 unspecified atom stereocenters. The zero-order valence-corrected chi connectivity index (χ0v) is 8.20. The summed E-state index contributed by atoms with van der Waals surface area (Å²) in [6.07, 6.45) is 2.89. The molecule has 0 spiro atoms.